The van der Waals surface area contributed by atoms with Crippen LogP contribution in [0.2, 0.25) is 0 Å². The van der Waals surface area contributed by atoms with E-state index >= 15 is 0 Å². The van der Waals surface area contributed by atoms with E-state index in [-0.39, 0.29) is 30.1 Å². The van der Waals surface area contributed by atoms with Crippen molar-refractivity contribution in [1.82, 2.24) is 10.2 Å². The molecule has 2 fully saturated rings. The summed E-state index contributed by atoms with van der Waals surface area (Å²) in [6.45, 7) is 6.33. The van der Waals surface area contributed by atoms with Crippen molar-refractivity contribution in [2.24, 2.45) is 5.92 Å². The van der Waals surface area contributed by atoms with Gasteiger partial charge in [0, 0.05) is 44.7 Å². The monoisotopic (exact) mass is 419 g/mol. The van der Waals surface area contributed by atoms with Gasteiger partial charge in [0.25, 0.3) is 0 Å². The normalized spacial score (nSPS) is 18.7. The maximum atomic E-state index is 12.7. The predicted octanol–water partition coefficient (Wildman–Crippen LogP) is 3.10. The van der Waals surface area contributed by atoms with Gasteiger partial charge >= 0.3 is 0 Å². The van der Waals surface area contributed by atoms with Crippen LogP contribution in [0.25, 0.3) is 0 Å². The van der Waals surface area contributed by atoms with Crippen molar-refractivity contribution < 1.29 is 14.4 Å². The maximum absolute atomic E-state index is 12.7. The highest BCUT2D eigenvalue weighted by molar-refractivity contribution is 6.00. The summed E-state index contributed by atoms with van der Waals surface area (Å²) in [5.41, 5.74) is 5.18. The molecule has 1 N–H and O–H groups in total. The van der Waals surface area contributed by atoms with Crippen molar-refractivity contribution in [2.75, 3.05) is 18.0 Å². The second-order valence-electron chi connectivity index (χ2n) is 8.65. The van der Waals surface area contributed by atoms with Crippen LogP contribution in [0.5, 0.6) is 0 Å². The lowest BCUT2D eigenvalue weighted by Crippen LogP contribution is -2.32. The zero-order chi connectivity index (χ0) is 22.0. The van der Waals surface area contributed by atoms with Gasteiger partial charge in [-0.05, 0) is 43.0 Å². The molecule has 0 saturated carbocycles. The van der Waals surface area contributed by atoms with Crippen LogP contribution in [-0.2, 0) is 27.5 Å². The highest BCUT2D eigenvalue weighted by Gasteiger charge is 2.35. The van der Waals surface area contributed by atoms with Crippen LogP contribution in [0.4, 0.5) is 5.69 Å². The molecular weight excluding hydrogens is 390 g/mol. The number of amides is 3. The molecule has 0 radical (unpaired) electrons. The van der Waals surface area contributed by atoms with Crippen LogP contribution in [-0.4, -0.2) is 35.7 Å². The number of likely N-dealkylation sites (tertiary alicyclic amines) is 1. The molecule has 3 amide bonds. The number of carbonyl (C=O) groups excluding carboxylic acids is 3. The summed E-state index contributed by atoms with van der Waals surface area (Å²) in [4.78, 5) is 40.6. The van der Waals surface area contributed by atoms with Gasteiger partial charge in [-0.15, -0.1) is 0 Å². The summed E-state index contributed by atoms with van der Waals surface area (Å²) in [5.74, 6) is -0.216. The third-order valence-corrected chi connectivity index (χ3v) is 6.17. The van der Waals surface area contributed by atoms with E-state index in [4.69, 9.17) is 0 Å². The van der Waals surface area contributed by atoms with Crippen LogP contribution in [0.15, 0.2) is 42.5 Å². The molecule has 2 aliphatic heterocycles. The topological polar surface area (TPSA) is 69.7 Å². The third-order valence-electron chi connectivity index (χ3n) is 6.17. The average molecular weight is 420 g/mol. The number of aryl methyl sites for hydroxylation is 2. The van der Waals surface area contributed by atoms with E-state index in [1.54, 1.807) is 4.90 Å². The van der Waals surface area contributed by atoms with Crippen molar-refractivity contribution >= 4 is 23.4 Å². The second kappa shape index (κ2) is 8.92. The van der Waals surface area contributed by atoms with E-state index in [1.807, 2.05) is 55.1 Å². The Hall–Kier alpha value is -3.15. The van der Waals surface area contributed by atoms with E-state index in [9.17, 15) is 14.4 Å². The number of hydrogen-bond donors (Lipinski definition) is 1. The molecule has 2 aromatic rings. The van der Waals surface area contributed by atoms with E-state index in [1.165, 1.54) is 0 Å². The highest BCUT2D eigenvalue weighted by atomic mass is 16.2. The van der Waals surface area contributed by atoms with Crippen molar-refractivity contribution in [1.29, 1.82) is 0 Å². The minimum absolute atomic E-state index is 0.00656. The van der Waals surface area contributed by atoms with Crippen LogP contribution >= 0.6 is 0 Å². The maximum Gasteiger partial charge on any atom is 0.227 e. The Bertz CT molecular complexity index is 1000. The van der Waals surface area contributed by atoms with Crippen molar-refractivity contribution in [3.05, 3.63) is 64.7 Å². The molecular formula is C25H29N3O3. The van der Waals surface area contributed by atoms with Crippen molar-refractivity contribution in [3.8, 4) is 0 Å². The van der Waals surface area contributed by atoms with Gasteiger partial charge in [0.15, 0.2) is 0 Å². The summed E-state index contributed by atoms with van der Waals surface area (Å²) in [6, 6.07) is 14.0. The number of rotatable bonds is 6. The lowest BCUT2D eigenvalue weighted by molar-refractivity contribution is -0.128. The smallest absolute Gasteiger partial charge is 0.227 e. The third kappa shape index (κ3) is 4.79. The van der Waals surface area contributed by atoms with Gasteiger partial charge in [-0.2, -0.15) is 0 Å². The standard InChI is InChI=1S/C25H29N3O3/c1-17-5-10-22(18(2)12-17)28-16-21(13-24(28)30)25(31)26-14-19-6-8-20(9-7-19)15-27-11-3-4-23(27)29/h5-10,12,21H,3-4,11,13-16H2,1-2H3,(H,26,31)/t21-/m0/s1. The van der Waals surface area contributed by atoms with E-state index in [2.05, 4.69) is 11.4 Å². The number of benzene rings is 2. The Labute approximate surface area is 183 Å². The molecule has 1 atom stereocenters. The largest absolute Gasteiger partial charge is 0.352 e. The van der Waals surface area contributed by atoms with Crippen LogP contribution in [0.1, 0.15) is 41.5 Å². The average Bonchev–Trinajstić information content (AvgIpc) is 3.33. The minimum Gasteiger partial charge on any atom is -0.352 e. The molecule has 2 saturated heterocycles. The molecule has 0 bridgehead atoms. The number of carbonyl (C=O) groups is 3. The quantitative estimate of drug-likeness (QED) is 0.782. The van der Waals surface area contributed by atoms with Crippen molar-refractivity contribution in [3.63, 3.8) is 0 Å². The highest BCUT2D eigenvalue weighted by Crippen LogP contribution is 2.28. The molecule has 0 unspecified atom stereocenters. The van der Waals surface area contributed by atoms with Crippen LogP contribution in [0.3, 0.4) is 0 Å². The summed E-state index contributed by atoms with van der Waals surface area (Å²) in [6.07, 6.45) is 1.82. The SMILES string of the molecule is Cc1ccc(N2C[C@@H](C(=O)NCc3ccc(CN4CCCC4=O)cc3)CC2=O)c(C)c1. The van der Waals surface area contributed by atoms with Crippen molar-refractivity contribution in [2.45, 2.75) is 46.2 Å². The molecule has 2 aliphatic rings. The van der Waals surface area contributed by atoms with Gasteiger partial charge in [-0.1, -0.05) is 42.0 Å². The first kappa shape index (κ1) is 21.1. The zero-order valence-corrected chi connectivity index (χ0v) is 18.2. The number of anilines is 1. The van der Waals surface area contributed by atoms with Gasteiger partial charge < -0.3 is 15.1 Å². The molecule has 0 aromatic heterocycles. The molecule has 31 heavy (non-hydrogen) atoms. The fraction of sp³-hybridized carbons (Fsp3) is 0.400. The van der Waals surface area contributed by atoms with Gasteiger partial charge in [0.2, 0.25) is 17.7 Å². The Morgan fingerprint density at radius 2 is 1.77 bits per heavy atom. The fourth-order valence-electron chi connectivity index (χ4n) is 4.41. The van der Waals surface area contributed by atoms with E-state index < -0.39 is 0 Å². The van der Waals surface area contributed by atoms with E-state index in [0.29, 0.717) is 26.1 Å². The van der Waals surface area contributed by atoms with Gasteiger partial charge in [0.1, 0.15) is 0 Å². The lowest BCUT2D eigenvalue weighted by Gasteiger charge is -2.19. The minimum atomic E-state index is -0.339. The molecule has 0 spiro atoms. The van der Waals surface area contributed by atoms with Gasteiger partial charge in [-0.25, -0.2) is 0 Å². The zero-order valence-electron chi connectivity index (χ0n) is 18.2. The molecule has 6 nitrogen and oxygen atoms in total. The number of hydrogen-bond acceptors (Lipinski definition) is 3. The Morgan fingerprint density at radius 1 is 1.03 bits per heavy atom. The van der Waals surface area contributed by atoms with Gasteiger partial charge in [0.05, 0.1) is 5.92 Å². The second-order valence-corrected chi connectivity index (χ2v) is 8.65. The Kier molecular flexibility index (Phi) is 6.07. The summed E-state index contributed by atoms with van der Waals surface area (Å²) in [7, 11) is 0. The fourth-order valence-corrected chi connectivity index (χ4v) is 4.41. The molecule has 4 rings (SSSR count). The van der Waals surface area contributed by atoms with Crippen LogP contribution in [0, 0.1) is 19.8 Å². The van der Waals surface area contributed by atoms with Crippen LogP contribution < -0.4 is 10.2 Å². The number of nitrogens with zero attached hydrogens (tertiary/aromatic N) is 2. The number of nitrogens with one attached hydrogen (secondary N) is 1. The molecule has 0 aliphatic carbocycles. The molecule has 2 heterocycles. The summed E-state index contributed by atoms with van der Waals surface area (Å²) in [5, 5.41) is 2.97. The van der Waals surface area contributed by atoms with E-state index in [0.717, 1.165) is 40.9 Å². The Morgan fingerprint density at radius 3 is 2.45 bits per heavy atom. The first-order chi connectivity index (χ1) is 14.9. The first-order valence-corrected chi connectivity index (χ1v) is 10.9. The summed E-state index contributed by atoms with van der Waals surface area (Å²) >= 11 is 0. The van der Waals surface area contributed by atoms with Gasteiger partial charge in [-0.3, -0.25) is 14.4 Å². The molecule has 2 aromatic carbocycles. The predicted molar refractivity (Wildman–Crippen MR) is 119 cm³/mol. The molecule has 162 valence electrons. The Balaban J connectivity index is 1.30. The molecule has 6 heteroatoms. The first-order valence-electron chi connectivity index (χ1n) is 10.9. The lowest BCUT2D eigenvalue weighted by atomic mass is 10.1. The summed E-state index contributed by atoms with van der Waals surface area (Å²) < 4.78 is 0.